The number of thioether (sulfide) groups is 1. The van der Waals surface area contributed by atoms with Crippen LogP contribution in [-0.2, 0) is 9.59 Å². The van der Waals surface area contributed by atoms with Crippen molar-refractivity contribution in [2.45, 2.75) is 31.1 Å². The van der Waals surface area contributed by atoms with E-state index < -0.39 is 5.97 Å². The number of hydrazine groups is 1. The van der Waals surface area contributed by atoms with E-state index in [0.29, 0.717) is 19.4 Å². The highest BCUT2D eigenvalue weighted by atomic mass is 32.2. The lowest BCUT2D eigenvalue weighted by Crippen LogP contribution is -2.48. The Balaban J connectivity index is 1.99. The van der Waals surface area contributed by atoms with E-state index >= 15 is 0 Å². The van der Waals surface area contributed by atoms with Gasteiger partial charge in [-0.3, -0.25) is 21.0 Å². The monoisotopic (exact) mass is 257 g/mol. The molecular weight excluding hydrogens is 242 g/mol. The molecule has 6 nitrogen and oxygen atoms in total. The number of carbonyl (C=O) groups excluding carboxylic acids is 1. The number of nitrogens with two attached hydrogens (primary N) is 1. The minimum atomic E-state index is -1.00. The van der Waals surface area contributed by atoms with Crippen molar-refractivity contribution in [3.63, 3.8) is 0 Å². The quantitative estimate of drug-likeness (QED) is 0.273. The molecule has 0 saturated carbocycles. The summed E-state index contributed by atoms with van der Waals surface area (Å²) in [5.74, 6) is 4.07. The van der Waals surface area contributed by atoms with E-state index in [9.17, 15) is 9.59 Å². The van der Waals surface area contributed by atoms with Crippen LogP contribution in [0.1, 0.15) is 25.7 Å². The third-order valence-corrected chi connectivity index (χ3v) is 4.20. The number of nitrogens with one attached hydrogen (secondary N) is 1. The first kappa shape index (κ1) is 12.4. The van der Waals surface area contributed by atoms with Crippen LogP contribution in [0.2, 0.25) is 0 Å². The van der Waals surface area contributed by atoms with Gasteiger partial charge < -0.3 is 5.11 Å². The van der Waals surface area contributed by atoms with Crippen LogP contribution in [0.25, 0.3) is 0 Å². The van der Waals surface area contributed by atoms with Gasteiger partial charge in [-0.05, 0) is 19.3 Å². The number of hydrogen-bond donors (Lipinski definition) is 3. The van der Waals surface area contributed by atoms with Crippen LogP contribution < -0.4 is 11.3 Å². The Hall–Kier alpha value is -1.05. The van der Waals surface area contributed by atoms with Crippen molar-refractivity contribution in [1.82, 2.24) is 10.3 Å². The van der Waals surface area contributed by atoms with Crippen LogP contribution in [0.15, 0.2) is 10.6 Å². The predicted octanol–water partition coefficient (Wildman–Crippen LogP) is 0.221. The van der Waals surface area contributed by atoms with E-state index in [1.807, 2.05) is 0 Å². The number of hydrogen-bond acceptors (Lipinski definition) is 5. The summed E-state index contributed by atoms with van der Waals surface area (Å²) >= 11 is 1.51. The summed E-state index contributed by atoms with van der Waals surface area (Å²) in [5.41, 5.74) is 2.75. The SMILES string of the molecule is NNCCCCC1=C(C(=O)O)N2C(=O)C[C@H]2S1. The maximum atomic E-state index is 11.3. The highest BCUT2D eigenvalue weighted by molar-refractivity contribution is 8.04. The van der Waals surface area contributed by atoms with Crippen LogP contribution >= 0.6 is 11.8 Å². The van der Waals surface area contributed by atoms with E-state index in [-0.39, 0.29) is 17.0 Å². The minimum Gasteiger partial charge on any atom is -0.477 e. The molecule has 1 amide bonds. The summed E-state index contributed by atoms with van der Waals surface area (Å²) in [4.78, 5) is 24.7. The first-order chi connectivity index (χ1) is 8.15. The van der Waals surface area contributed by atoms with Gasteiger partial charge in [0.1, 0.15) is 5.70 Å². The summed E-state index contributed by atoms with van der Waals surface area (Å²) in [5, 5.41) is 9.15. The molecule has 0 bridgehead atoms. The Kier molecular flexibility index (Phi) is 3.70. The van der Waals surface area contributed by atoms with Crippen LogP contribution in [0.3, 0.4) is 0 Å². The van der Waals surface area contributed by atoms with Crippen LogP contribution in [0.4, 0.5) is 0 Å². The molecule has 2 heterocycles. The van der Waals surface area contributed by atoms with E-state index in [1.54, 1.807) is 0 Å². The number of allylic oxidation sites excluding steroid dienone is 1. The largest absolute Gasteiger partial charge is 0.477 e. The summed E-state index contributed by atoms with van der Waals surface area (Å²) in [7, 11) is 0. The van der Waals surface area contributed by atoms with Crippen molar-refractivity contribution in [2.24, 2.45) is 5.84 Å². The Morgan fingerprint density at radius 1 is 1.59 bits per heavy atom. The molecule has 0 spiro atoms. The number of β-lactam (4-membered cyclic amide) rings is 1. The number of unbranched alkanes of at least 4 members (excludes halogenated alkanes) is 1. The van der Waals surface area contributed by atoms with Crippen molar-refractivity contribution in [3.8, 4) is 0 Å². The van der Waals surface area contributed by atoms with Gasteiger partial charge in [0.2, 0.25) is 5.91 Å². The molecule has 0 radical (unpaired) electrons. The lowest BCUT2D eigenvalue weighted by atomic mass is 10.1. The molecule has 1 atom stereocenters. The van der Waals surface area contributed by atoms with E-state index in [4.69, 9.17) is 10.9 Å². The van der Waals surface area contributed by atoms with Gasteiger partial charge in [-0.2, -0.15) is 0 Å². The lowest BCUT2D eigenvalue weighted by Gasteiger charge is -2.33. The van der Waals surface area contributed by atoms with Gasteiger partial charge in [0.15, 0.2) is 0 Å². The third kappa shape index (κ3) is 2.31. The Morgan fingerprint density at radius 2 is 2.35 bits per heavy atom. The molecule has 4 N–H and O–H groups in total. The summed E-state index contributed by atoms with van der Waals surface area (Å²) in [6.07, 6.45) is 2.92. The fourth-order valence-electron chi connectivity index (χ4n) is 2.02. The topological polar surface area (TPSA) is 95.7 Å². The van der Waals surface area contributed by atoms with Crippen molar-refractivity contribution < 1.29 is 14.7 Å². The molecule has 7 heteroatoms. The van der Waals surface area contributed by atoms with E-state index in [0.717, 1.165) is 17.7 Å². The van der Waals surface area contributed by atoms with Crippen molar-refractivity contribution in [1.29, 1.82) is 0 Å². The summed E-state index contributed by atoms with van der Waals surface area (Å²) in [6, 6.07) is 0. The first-order valence-electron chi connectivity index (χ1n) is 5.53. The Labute approximate surface area is 103 Å². The molecule has 0 aromatic rings. The van der Waals surface area contributed by atoms with E-state index in [2.05, 4.69) is 5.43 Å². The molecule has 0 aliphatic carbocycles. The number of nitrogens with zero attached hydrogens (tertiary/aromatic N) is 1. The highest BCUT2D eigenvalue weighted by Gasteiger charge is 2.47. The standard InChI is InChI=1S/C10H15N3O3S/c11-12-4-2-1-3-6-9(10(15)16)13-7(14)5-8(13)17-6/h8,12H,1-5,11H2,(H,15,16)/t8-/m1/s1. The zero-order valence-electron chi connectivity index (χ0n) is 9.31. The fraction of sp³-hybridized carbons (Fsp3) is 0.600. The predicted molar refractivity (Wildman–Crippen MR) is 63.5 cm³/mol. The number of amides is 1. The third-order valence-electron chi connectivity index (χ3n) is 2.87. The van der Waals surface area contributed by atoms with Crippen LogP contribution in [0, 0.1) is 0 Å². The van der Waals surface area contributed by atoms with Crippen molar-refractivity contribution in [3.05, 3.63) is 10.6 Å². The number of carboxylic acid groups (broad SMARTS) is 1. The molecular formula is C10H15N3O3S. The van der Waals surface area contributed by atoms with Crippen LogP contribution in [-0.4, -0.2) is 33.8 Å². The van der Waals surface area contributed by atoms with Crippen molar-refractivity contribution >= 4 is 23.6 Å². The molecule has 0 aromatic carbocycles. The van der Waals surface area contributed by atoms with Gasteiger partial charge in [0.25, 0.3) is 0 Å². The Bertz CT molecular complexity index is 383. The summed E-state index contributed by atoms with van der Waals surface area (Å²) in [6.45, 7) is 0.715. The normalized spacial score (nSPS) is 22.8. The number of fused-ring (bicyclic) bond motifs is 1. The fourth-order valence-corrected chi connectivity index (χ4v) is 3.46. The molecule has 2 rings (SSSR count). The minimum absolute atomic E-state index is 0.0243. The molecule has 2 aliphatic rings. The number of carbonyl (C=O) groups is 2. The maximum Gasteiger partial charge on any atom is 0.353 e. The second-order valence-corrected chi connectivity index (χ2v) is 5.30. The molecule has 0 unspecified atom stereocenters. The van der Waals surface area contributed by atoms with Gasteiger partial charge in [0, 0.05) is 11.4 Å². The van der Waals surface area contributed by atoms with Gasteiger partial charge >= 0.3 is 5.97 Å². The zero-order valence-corrected chi connectivity index (χ0v) is 10.1. The molecule has 0 aromatic heterocycles. The lowest BCUT2D eigenvalue weighted by molar-refractivity contribution is -0.145. The van der Waals surface area contributed by atoms with Gasteiger partial charge in [-0.1, -0.05) is 0 Å². The number of carboxylic acids is 1. The van der Waals surface area contributed by atoms with Crippen LogP contribution in [0.5, 0.6) is 0 Å². The molecule has 2 aliphatic heterocycles. The van der Waals surface area contributed by atoms with E-state index in [1.165, 1.54) is 16.7 Å². The first-order valence-corrected chi connectivity index (χ1v) is 6.41. The van der Waals surface area contributed by atoms with Gasteiger partial charge in [0.05, 0.1) is 11.8 Å². The molecule has 1 saturated heterocycles. The van der Waals surface area contributed by atoms with Crippen molar-refractivity contribution in [2.75, 3.05) is 6.54 Å². The highest BCUT2D eigenvalue weighted by Crippen LogP contribution is 2.47. The average Bonchev–Trinajstić information content (AvgIpc) is 2.57. The van der Waals surface area contributed by atoms with Gasteiger partial charge in [-0.15, -0.1) is 11.8 Å². The maximum absolute atomic E-state index is 11.3. The molecule has 1 fully saturated rings. The molecule has 17 heavy (non-hydrogen) atoms. The second kappa shape index (κ2) is 5.07. The number of rotatable bonds is 6. The zero-order chi connectivity index (χ0) is 12.4. The Morgan fingerprint density at radius 3 is 2.94 bits per heavy atom. The smallest absolute Gasteiger partial charge is 0.353 e. The number of aliphatic carboxylic acids is 1. The molecule has 94 valence electrons. The van der Waals surface area contributed by atoms with Gasteiger partial charge in [-0.25, -0.2) is 4.79 Å². The average molecular weight is 257 g/mol. The second-order valence-electron chi connectivity index (χ2n) is 4.03. The summed E-state index contributed by atoms with van der Waals surface area (Å²) < 4.78 is 0.